The molecule has 0 amide bonds. The van der Waals surface area contributed by atoms with Gasteiger partial charge < -0.3 is 4.74 Å². The van der Waals surface area contributed by atoms with Crippen LogP contribution in [-0.4, -0.2) is 9.97 Å². The van der Waals surface area contributed by atoms with E-state index in [1.54, 1.807) is 11.3 Å². The standard InChI is InChI=1S/C51H30N2OS/c1-2-14-31(15-3-1)33-18-12-20-35-34(33)19-13-21-37(35)50-52-47(49-48(53-50)38-17-5-11-27-46(38)55-49)32-28-29-41-39(30-32)36-16-4-6-22-40(36)51(41)42-23-7-9-25-44(42)54-45-26-10-8-24-43(45)51/h1-30H. The van der Waals surface area contributed by atoms with Crippen LogP contribution in [0.2, 0.25) is 0 Å². The molecule has 0 unspecified atom stereocenters. The molecular weight excluding hydrogens is 689 g/mol. The van der Waals surface area contributed by atoms with E-state index in [4.69, 9.17) is 14.7 Å². The molecule has 1 spiro atoms. The fraction of sp³-hybridized carbons (Fsp3) is 0.0196. The van der Waals surface area contributed by atoms with Crippen molar-refractivity contribution in [3.63, 3.8) is 0 Å². The molecule has 0 bridgehead atoms. The molecule has 0 saturated carbocycles. The average molecular weight is 719 g/mol. The topological polar surface area (TPSA) is 35.0 Å². The average Bonchev–Trinajstić information content (AvgIpc) is 3.77. The summed E-state index contributed by atoms with van der Waals surface area (Å²) < 4.78 is 8.87. The molecule has 2 aliphatic rings. The van der Waals surface area contributed by atoms with Gasteiger partial charge in [-0.25, -0.2) is 9.97 Å². The van der Waals surface area contributed by atoms with Crippen LogP contribution in [-0.2, 0) is 5.41 Å². The smallest absolute Gasteiger partial charge is 0.161 e. The van der Waals surface area contributed by atoms with Crippen LogP contribution in [0.5, 0.6) is 11.5 Å². The molecule has 0 fully saturated rings. The summed E-state index contributed by atoms with van der Waals surface area (Å²) in [5.41, 5.74) is 13.2. The zero-order valence-electron chi connectivity index (χ0n) is 29.5. The van der Waals surface area contributed by atoms with Gasteiger partial charge in [0.25, 0.3) is 0 Å². The Morgan fingerprint density at radius 2 is 1.02 bits per heavy atom. The number of hydrogen-bond acceptors (Lipinski definition) is 4. The molecule has 4 heteroatoms. The van der Waals surface area contributed by atoms with Gasteiger partial charge in [-0.3, -0.25) is 0 Å². The summed E-state index contributed by atoms with van der Waals surface area (Å²) in [5.74, 6) is 2.52. The Labute approximate surface area is 321 Å². The van der Waals surface area contributed by atoms with E-state index in [2.05, 4.69) is 182 Å². The summed E-state index contributed by atoms with van der Waals surface area (Å²) in [5, 5.41) is 3.47. The van der Waals surface area contributed by atoms with Crippen molar-refractivity contribution >= 4 is 42.4 Å². The summed E-state index contributed by atoms with van der Waals surface area (Å²) in [6.45, 7) is 0. The molecule has 1 aliphatic heterocycles. The Kier molecular flexibility index (Phi) is 6.42. The third-order valence-corrected chi connectivity index (χ3v) is 12.8. The van der Waals surface area contributed by atoms with Crippen LogP contribution in [0.3, 0.4) is 0 Å². The molecule has 2 aromatic heterocycles. The van der Waals surface area contributed by atoms with Crippen molar-refractivity contribution in [2.24, 2.45) is 0 Å². The van der Waals surface area contributed by atoms with Gasteiger partial charge in [0.15, 0.2) is 5.82 Å². The normalized spacial score (nSPS) is 13.4. The highest BCUT2D eigenvalue weighted by atomic mass is 32.1. The van der Waals surface area contributed by atoms with Gasteiger partial charge in [0.05, 0.1) is 21.3 Å². The highest BCUT2D eigenvalue weighted by molar-refractivity contribution is 7.26. The van der Waals surface area contributed by atoms with E-state index < -0.39 is 5.41 Å². The van der Waals surface area contributed by atoms with Gasteiger partial charge in [-0.2, -0.15) is 0 Å². The zero-order chi connectivity index (χ0) is 36.1. The van der Waals surface area contributed by atoms with Gasteiger partial charge in [-0.1, -0.05) is 158 Å². The van der Waals surface area contributed by atoms with Crippen LogP contribution in [0.4, 0.5) is 0 Å². The maximum Gasteiger partial charge on any atom is 0.161 e. The summed E-state index contributed by atoms with van der Waals surface area (Å²) >= 11 is 1.77. The van der Waals surface area contributed by atoms with Gasteiger partial charge in [0.2, 0.25) is 0 Å². The first-order valence-electron chi connectivity index (χ1n) is 18.7. The highest BCUT2D eigenvalue weighted by Crippen LogP contribution is 2.62. The molecule has 0 N–H and O–H groups in total. The molecule has 3 heterocycles. The first-order valence-corrected chi connectivity index (χ1v) is 19.5. The van der Waals surface area contributed by atoms with Crippen LogP contribution < -0.4 is 4.74 Å². The van der Waals surface area contributed by atoms with E-state index in [0.29, 0.717) is 0 Å². The molecule has 12 rings (SSSR count). The maximum atomic E-state index is 6.57. The summed E-state index contributed by atoms with van der Waals surface area (Å²) in [6, 6.07) is 65.2. The van der Waals surface area contributed by atoms with E-state index in [-0.39, 0.29) is 0 Å². The lowest BCUT2D eigenvalue weighted by Gasteiger charge is -2.39. The Balaban J connectivity index is 1.12. The minimum absolute atomic E-state index is 0.515. The molecule has 1 aliphatic carbocycles. The Bertz CT molecular complexity index is 3150. The zero-order valence-corrected chi connectivity index (χ0v) is 30.3. The fourth-order valence-corrected chi connectivity index (χ4v) is 10.4. The third kappa shape index (κ3) is 4.26. The molecule has 3 nitrogen and oxygen atoms in total. The van der Waals surface area contributed by atoms with Crippen LogP contribution in [0, 0.1) is 0 Å². The number of para-hydroxylation sites is 2. The van der Waals surface area contributed by atoms with E-state index in [9.17, 15) is 0 Å². The molecule has 10 aromatic rings. The SMILES string of the molecule is c1ccc(-c2cccc3c(-c4nc(-c5ccc6c(c5)-c5ccccc5C65c6ccccc6Oc6ccccc65)c5sc6ccccc6c5n4)cccc23)cc1. The van der Waals surface area contributed by atoms with Crippen molar-refractivity contribution in [3.8, 4) is 56.4 Å². The molecule has 55 heavy (non-hydrogen) atoms. The lowest BCUT2D eigenvalue weighted by Crippen LogP contribution is -2.32. The lowest BCUT2D eigenvalue weighted by molar-refractivity contribution is 0.436. The van der Waals surface area contributed by atoms with Crippen molar-refractivity contribution in [2.45, 2.75) is 5.41 Å². The molecular formula is C51H30N2OS. The third-order valence-electron chi connectivity index (χ3n) is 11.6. The van der Waals surface area contributed by atoms with E-state index in [1.807, 2.05) is 0 Å². The Morgan fingerprint density at radius 3 is 1.82 bits per heavy atom. The maximum absolute atomic E-state index is 6.57. The lowest BCUT2D eigenvalue weighted by atomic mass is 9.66. The van der Waals surface area contributed by atoms with Crippen molar-refractivity contribution in [3.05, 3.63) is 204 Å². The largest absolute Gasteiger partial charge is 0.457 e. The number of nitrogens with zero attached hydrogens (tertiary/aromatic N) is 2. The molecule has 256 valence electrons. The van der Waals surface area contributed by atoms with E-state index in [1.165, 1.54) is 43.5 Å². The second kappa shape index (κ2) is 11.6. The van der Waals surface area contributed by atoms with Crippen molar-refractivity contribution in [1.29, 1.82) is 0 Å². The Hall–Kier alpha value is -6.88. The van der Waals surface area contributed by atoms with Crippen LogP contribution >= 0.6 is 11.3 Å². The van der Waals surface area contributed by atoms with E-state index >= 15 is 0 Å². The number of ether oxygens (including phenoxy) is 1. The first kappa shape index (κ1) is 30.6. The summed E-state index contributed by atoms with van der Waals surface area (Å²) in [7, 11) is 0. The van der Waals surface area contributed by atoms with Crippen molar-refractivity contribution in [1.82, 2.24) is 9.97 Å². The van der Waals surface area contributed by atoms with Gasteiger partial charge in [-0.05, 0) is 68.4 Å². The van der Waals surface area contributed by atoms with Gasteiger partial charge >= 0.3 is 0 Å². The van der Waals surface area contributed by atoms with Crippen LogP contribution in [0.15, 0.2) is 182 Å². The molecule has 0 atom stereocenters. The molecule has 0 saturated heterocycles. The first-order chi connectivity index (χ1) is 27.3. The monoisotopic (exact) mass is 718 g/mol. The van der Waals surface area contributed by atoms with Crippen LogP contribution in [0.25, 0.3) is 76.0 Å². The van der Waals surface area contributed by atoms with Gasteiger partial charge in [-0.15, -0.1) is 11.3 Å². The van der Waals surface area contributed by atoms with Crippen LogP contribution in [0.1, 0.15) is 22.3 Å². The summed E-state index contributed by atoms with van der Waals surface area (Å²) in [6.07, 6.45) is 0. The van der Waals surface area contributed by atoms with Crippen molar-refractivity contribution in [2.75, 3.05) is 0 Å². The molecule has 8 aromatic carbocycles. The second-order valence-electron chi connectivity index (χ2n) is 14.4. The minimum atomic E-state index is -0.515. The predicted octanol–water partition coefficient (Wildman–Crippen LogP) is 13.5. The predicted molar refractivity (Wildman–Crippen MR) is 226 cm³/mol. The summed E-state index contributed by atoms with van der Waals surface area (Å²) in [4.78, 5) is 10.9. The number of aromatic nitrogens is 2. The van der Waals surface area contributed by atoms with Gasteiger partial charge in [0.1, 0.15) is 11.5 Å². The number of thiophene rings is 1. The number of hydrogen-bond donors (Lipinski definition) is 0. The fourth-order valence-electron chi connectivity index (χ4n) is 9.29. The quantitative estimate of drug-likeness (QED) is 0.182. The molecule has 0 radical (unpaired) electrons. The number of rotatable bonds is 3. The second-order valence-corrected chi connectivity index (χ2v) is 15.4. The number of benzene rings is 8. The highest BCUT2D eigenvalue weighted by Gasteiger charge is 2.51. The number of fused-ring (bicyclic) bond motifs is 13. The van der Waals surface area contributed by atoms with E-state index in [0.717, 1.165) is 66.3 Å². The van der Waals surface area contributed by atoms with Crippen molar-refractivity contribution < 1.29 is 4.74 Å². The van der Waals surface area contributed by atoms with Gasteiger partial charge in [0, 0.05) is 32.3 Å². The minimum Gasteiger partial charge on any atom is -0.457 e. The Morgan fingerprint density at radius 1 is 0.418 bits per heavy atom.